The number of nitrogens with one attached hydrogen (secondary N) is 1. The molecule has 0 aromatic heterocycles. The summed E-state index contributed by atoms with van der Waals surface area (Å²) < 4.78 is 13.6. The molecule has 0 atom stereocenters. The van der Waals surface area contributed by atoms with Crippen molar-refractivity contribution in [1.29, 1.82) is 0 Å². The molecule has 0 amide bonds. The van der Waals surface area contributed by atoms with E-state index in [9.17, 15) is 4.39 Å². The second kappa shape index (κ2) is 6.57. The Bertz CT molecular complexity index is 439. The molecule has 0 saturated heterocycles. The standard InChI is InChI=1S/C17H27FN2/c1-12(2)11-20(16-6-7-16)17-8-5-15(18)9-14(17)10-19-13(3)4/h5,8-9,12-13,16,19H,6-7,10-11H2,1-4H3. The first-order valence-electron chi connectivity index (χ1n) is 7.75. The Labute approximate surface area is 122 Å². The average molecular weight is 278 g/mol. The van der Waals surface area contributed by atoms with Crippen LogP contribution in [0.1, 0.15) is 46.1 Å². The predicted octanol–water partition coefficient (Wildman–Crippen LogP) is 3.95. The molecule has 0 heterocycles. The summed E-state index contributed by atoms with van der Waals surface area (Å²) in [4.78, 5) is 2.47. The summed E-state index contributed by atoms with van der Waals surface area (Å²) in [6.07, 6.45) is 2.53. The molecule has 3 heteroatoms. The van der Waals surface area contributed by atoms with E-state index < -0.39 is 0 Å². The van der Waals surface area contributed by atoms with E-state index in [1.54, 1.807) is 12.1 Å². The monoisotopic (exact) mass is 278 g/mol. The predicted molar refractivity (Wildman–Crippen MR) is 83.6 cm³/mol. The summed E-state index contributed by atoms with van der Waals surface area (Å²) in [7, 11) is 0. The van der Waals surface area contributed by atoms with Gasteiger partial charge in [0.25, 0.3) is 0 Å². The Kier molecular flexibility index (Phi) is 5.03. The summed E-state index contributed by atoms with van der Waals surface area (Å²) in [5.74, 6) is 0.473. The molecular formula is C17H27FN2. The highest BCUT2D eigenvalue weighted by Gasteiger charge is 2.30. The van der Waals surface area contributed by atoms with Crippen LogP contribution in [0.2, 0.25) is 0 Å². The molecule has 0 radical (unpaired) electrons. The van der Waals surface area contributed by atoms with Gasteiger partial charge in [0.15, 0.2) is 0 Å². The Balaban J connectivity index is 2.22. The van der Waals surface area contributed by atoms with Gasteiger partial charge in [0.1, 0.15) is 5.82 Å². The summed E-state index contributed by atoms with van der Waals surface area (Å²) >= 11 is 0. The first kappa shape index (κ1) is 15.3. The molecule has 1 N–H and O–H groups in total. The van der Waals surface area contributed by atoms with Gasteiger partial charge < -0.3 is 10.2 Å². The van der Waals surface area contributed by atoms with Crippen molar-refractivity contribution < 1.29 is 4.39 Å². The van der Waals surface area contributed by atoms with Crippen LogP contribution in [-0.2, 0) is 6.54 Å². The van der Waals surface area contributed by atoms with Gasteiger partial charge in [-0.1, -0.05) is 27.7 Å². The van der Waals surface area contributed by atoms with Gasteiger partial charge in [-0.2, -0.15) is 0 Å². The minimum atomic E-state index is -0.144. The number of hydrogen-bond acceptors (Lipinski definition) is 2. The molecule has 1 saturated carbocycles. The largest absolute Gasteiger partial charge is 0.368 e. The molecule has 1 fully saturated rings. The third-order valence-corrected chi connectivity index (χ3v) is 3.60. The lowest BCUT2D eigenvalue weighted by Crippen LogP contribution is -2.32. The van der Waals surface area contributed by atoms with Crippen molar-refractivity contribution in [3.05, 3.63) is 29.6 Å². The Morgan fingerprint density at radius 2 is 1.95 bits per heavy atom. The van der Waals surface area contributed by atoms with Crippen molar-refractivity contribution in [2.75, 3.05) is 11.4 Å². The molecule has 0 unspecified atom stereocenters. The normalized spacial score (nSPS) is 15.2. The van der Waals surface area contributed by atoms with Gasteiger partial charge in [0.05, 0.1) is 0 Å². The van der Waals surface area contributed by atoms with E-state index in [2.05, 4.69) is 37.9 Å². The van der Waals surface area contributed by atoms with Crippen molar-refractivity contribution in [3.63, 3.8) is 0 Å². The zero-order valence-corrected chi connectivity index (χ0v) is 13.1. The first-order chi connectivity index (χ1) is 9.47. The average Bonchev–Trinajstić information content (AvgIpc) is 3.18. The van der Waals surface area contributed by atoms with E-state index in [0.29, 0.717) is 18.0 Å². The number of halogens is 1. The van der Waals surface area contributed by atoms with Crippen LogP contribution in [0.3, 0.4) is 0 Å². The molecule has 20 heavy (non-hydrogen) atoms. The van der Waals surface area contributed by atoms with Crippen molar-refractivity contribution >= 4 is 5.69 Å². The molecular weight excluding hydrogens is 251 g/mol. The summed E-state index contributed by atoms with van der Waals surface area (Å²) in [6.45, 7) is 10.5. The molecule has 2 nitrogen and oxygen atoms in total. The fraction of sp³-hybridized carbons (Fsp3) is 0.647. The van der Waals surface area contributed by atoms with Gasteiger partial charge in [-0.05, 0) is 42.5 Å². The molecule has 112 valence electrons. The van der Waals surface area contributed by atoms with E-state index in [0.717, 1.165) is 18.7 Å². The minimum Gasteiger partial charge on any atom is -0.368 e. The number of nitrogens with zero attached hydrogens (tertiary/aromatic N) is 1. The third-order valence-electron chi connectivity index (χ3n) is 3.60. The lowest BCUT2D eigenvalue weighted by Gasteiger charge is -2.29. The molecule has 0 aliphatic heterocycles. The maximum Gasteiger partial charge on any atom is 0.123 e. The van der Waals surface area contributed by atoms with Crippen LogP contribution in [0.25, 0.3) is 0 Å². The SMILES string of the molecule is CC(C)CN(c1ccc(F)cc1CNC(C)C)C1CC1. The van der Waals surface area contributed by atoms with E-state index in [1.165, 1.54) is 18.5 Å². The second-order valence-corrected chi connectivity index (χ2v) is 6.59. The van der Waals surface area contributed by atoms with Gasteiger partial charge >= 0.3 is 0 Å². The van der Waals surface area contributed by atoms with Crippen LogP contribution < -0.4 is 10.2 Å². The third kappa shape index (κ3) is 4.20. The van der Waals surface area contributed by atoms with Gasteiger partial charge in [-0.3, -0.25) is 0 Å². The van der Waals surface area contributed by atoms with Gasteiger partial charge in [0, 0.05) is 30.9 Å². The smallest absolute Gasteiger partial charge is 0.123 e. The maximum absolute atomic E-state index is 13.6. The Morgan fingerprint density at radius 3 is 2.50 bits per heavy atom. The van der Waals surface area contributed by atoms with Gasteiger partial charge in [0.2, 0.25) is 0 Å². The molecule has 2 rings (SSSR count). The van der Waals surface area contributed by atoms with E-state index in [4.69, 9.17) is 0 Å². The molecule has 0 spiro atoms. The minimum absolute atomic E-state index is 0.144. The fourth-order valence-corrected chi connectivity index (χ4v) is 2.51. The summed E-state index contributed by atoms with van der Waals surface area (Å²) in [5, 5.41) is 3.40. The van der Waals surface area contributed by atoms with Crippen molar-refractivity contribution in [3.8, 4) is 0 Å². The van der Waals surface area contributed by atoms with E-state index in [1.807, 2.05) is 6.07 Å². The number of hydrogen-bond donors (Lipinski definition) is 1. The van der Waals surface area contributed by atoms with Crippen LogP contribution >= 0.6 is 0 Å². The van der Waals surface area contributed by atoms with Crippen LogP contribution in [0.5, 0.6) is 0 Å². The van der Waals surface area contributed by atoms with Crippen LogP contribution in [0.4, 0.5) is 10.1 Å². The molecule has 1 aliphatic carbocycles. The zero-order chi connectivity index (χ0) is 14.7. The number of benzene rings is 1. The van der Waals surface area contributed by atoms with E-state index in [-0.39, 0.29) is 5.82 Å². The lowest BCUT2D eigenvalue weighted by molar-refractivity contribution is 0.572. The molecule has 0 bridgehead atoms. The van der Waals surface area contributed by atoms with Crippen LogP contribution in [-0.4, -0.2) is 18.6 Å². The zero-order valence-electron chi connectivity index (χ0n) is 13.1. The van der Waals surface area contributed by atoms with Crippen LogP contribution in [0.15, 0.2) is 18.2 Å². The quantitative estimate of drug-likeness (QED) is 0.812. The van der Waals surface area contributed by atoms with Gasteiger partial charge in [-0.25, -0.2) is 4.39 Å². The number of anilines is 1. The van der Waals surface area contributed by atoms with Gasteiger partial charge in [-0.15, -0.1) is 0 Å². The highest BCUT2D eigenvalue weighted by atomic mass is 19.1. The summed E-state index contributed by atoms with van der Waals surface area (Å²) in [6, 6.07) is 6.28. The highest BCUT2D eigenvalue weighted by Crippen LogP contribution is 2.34. The fourth-order valence-electron chi connectivity index (χ4n) is 2.51. The van der Waals surface area contributed by atoms with Crippen molar-refractivity contribution in [2.24, 2.45) is 5.92 Å². The first-order valence-corrected chi connectivity index (χ1v) is 7.75. The lowest BCUT2D eigenvalue weighted by atomic mass is 10.1. The summed E-state index contributed by atoms with van der Waals surface area (Å²) in [5.41, 5.74) is 2.28. The molecule has 1 aromatic carbocycles. The van der Waals surface area contributed by atoms with E-state index >= 15 is 0 Å². The molecule has 1 aromatic rings. The topological polar surface area (TPSA) is 15.3 Å². The highest BCUT2D eigenvalue weighted by molar-refractivity contribution is 5.55. The van der Waals surface area contributed by atoms with Crippen LogP contribution in [0, 0.1) is 11.7 Å². The molecule has 1 aliphatic rings. The maximum atomic E-state index is 13.6. The number of rotatable bonds is 7. The second-order valence-electron chi connectivity index (χ2n) is 6.59. The Hall–Kier alpha value is -1.09. The van der Waals surface area contributed by atoms with Crippen molar-refractivity contribution in [1.82, 2.24) is 5.32 Å². The Morgan fingerprint density at radius 1 is 1.25 bits per heavy atom. The van der Waals surface area contributed by atoms with Crippen molar-refractivity contribution in [2.45, 2.75) is 59.2 Å².